The minimum Gasteiger partial charge on any atom is -0.493 e. The Kier molecular flexibility index (Phi) is 9.04. The number of hydrogen-bond acceptors (Lipinski definition) is 3. The fraction of sp³-hybridized carbons (Fsp3) is 0.300. The lowest BCUT2D eigenvalue weighted by Gasteiger charge is -2.26. The molecule has 0 aromatic heterocycles. The lowest BCUT2D eigenvalue weighted by molar-refractivity contribution is 0.0953. The first-order valence-electron chi connectivity index (χ1n) is 8.95. The summed E-state index contributed by atoms with van der Waals surface area (Å²) in [6.07, 6.45) is 1.56. The second-order valence-corrected chi connectivity index (χ2v) is 7.17. The number of nitrogens with one attached hydrogen (secondary N) is 2. The Morgan fingerprint density at radius 2 is 1.96 bits per heavy atom. The average molecular weight is 559 g/mol. The van der Waals surface area contributed by atoms with Crippen molar-refractivity contribution in [3.8, 4) is 5.75 Å². The van der Waals surface area contributed by atoms with Crippen molar-refractivity contribution in [2.24, 2.45) is 10.7 Å². The minimum atomic E-state index is -0.0867. The molecule has 4 N–H and O–H groups in total. The molecule has 3 rings (SSSR count). The first-order chi connectivity index (χ1) is 13.1. The van der Waals surface area contributed by atoms with Gasteiger partial charge in [-0.15, -0.1) is 24.0 Å². The van der Waals surface area contributed by atoms with E-state index in [0.29, 0.717) is 31.2 Å². The van der Waals surface area contributed by atoms with E-state index in [1.54, 1.807) is 12.1 Å². The van der Waals surface area contributed by atoms with Crippen molar-refractivity contribution in [2.75, 3.05) is 19.7 Å². The van der Waals surface area contributed by atoms with Crippen molar-refractivity contribution in [1.29, 1.82) is 0 Å². The van der Waals surface area contributed by atoms with Crippen molar-refractivity contribution < 1.29 is 9.53 Å². The predicted octanol–water partition coefficient (Wildman–Crippen LogP) is 3.62. The summed E-state index contributed by atoms with van der Waals surface area (Å²) < 4.78 is 6.60. The van der Waals surface area contributed by atoms with Crippen LogP contribution in [-0.2, 0) is 0 Å². The maximum Gasteiger partial charge on any atom is 0.251 e. The predicted molar refractivity (Wildman–Crippen MR) is 125 cm³/mol. The van der Waals surface area contributed by atoms with Crippen molar-refractivity contribution >= 4 is 51.8 Å². The van der Waals surface area contributed by atoms with E-state index in [1.807, 2.05) is 36.4 Å². The van der Waals surface area contributed by atoms with Crippen LogP contribution in [0.4, 0.5) is 0 Å². The third-order valence-electron chi connectivity index (χ3n) is 4.29. The number of nitrogens with zero attached hydrogens (tertiary/aromatic N) is 1. The van der Waals surface area contributed by atoms with E-state index in [1.165, 1.54) is 0 Å². The molecule has 2 aromatic carbocycles. The third kappa shape index (κ3) is 6.37. The molecule has 28 heavy (non-hydrogen) atoms. The zero-order chi connectivity index (χ0) is 19.1. The van der Waals surface area contributed by atoms with Crippen molar-refractivity contribution in [3.63, 3.8) is 0 Å². The quantitative estimate of drug-likeness (QED) is 0.219. The molecule has 2 aromatic rings. The highest BCUT2D eigenvalue weighted by Crippen LogP contribution is 2.31. The van der Waals surface area contributed by atoms with E-state index in [2.05, 4.69) is 31.6 Å². The van der Waals surface area contributed by atoms with E-state index < -0.39 is 0 Å². The number of carbonyl (C=O) groups is 1. The normalized spacial score (nSPS) is 15.6. The number of aliphatic imine (C=N–C) groups is 1. The highest BCUT2D eigenvalue weighted by Gasteiger charge is 2.21. The zero-order valence-electron chi connectivity index (χ0n) is 15.4. The van der Waals surface area contributed by atoms with Gasteiger partial charge in [-0.2, -0.15) is 0 Å². The number of hydrogen-bond donors (Lipinski definition) is 3. The minimum absolute atomic E-state index is 0. The third-order valence-corrected chi connectivity index (χ3v) is 4.82. The molecule has 150 valence electrons. The zero-order valence-corrected chi connectivity index (χ0v) is 19.3. The first-order valence-corrected chi connectivity index (χ1v) is 9.75. The lowest BCUT2D eigenvalue weighted by Crippen LogP contribution is -2.37. The molecule has 1 aliphatic heterocycles. The molecule has 6 nitrogen and oxygen atoms in total. The maximum absolute atomic E-state index is 12.0. The molecular formula is C20H24BrIN4O2. The number of fused-ring (bicyclic) bond motifs is 1. The van der Waals surface area contributed by atoms with Gasteiger partial charge in [-0.05, 0) is 36.8 Å². The molecular weight excluding hydrogens is 535 g/mol. The molecule has 0 saturated carbocycles. The summed E-state index contributed by atoms with van der Waals surface area (Å²) in [4.78, 5) is 16.4. The van der Waals surface area contributed by atoms with Gasteiger partial charge >= 0.3 is 0 Å². The van der Waals surface area contributed by atoms with Gasteiger partial charge in [0.05, 0.1) is 12.6 Å². The molecule has 0 saturated heterocycles. The maximum atomic E-state index is 12.0. The van der Waals surface area contributed by atoms with Crippen molar-refractivity contribution in [2.45, 2.75) is 18.9 Å². The Bertz CT molecular complexity index is 814. The average Bonchev–Trinajstić information content (AvgIpc) is 2.68. The van der Waals surface area contributed by atoms with Crippen LogP contribution in [0.1, 0.15) is 34.8 Å². The summed E-state index contributed by atoms with van der Waals surface area (Å²) in [5.41, 5.74) is 7.76. The number of amides is 1. The van der Waals surface area contributed by atoms with Gasteiger partial charge in [0.15, 0.2) is 5.96 Å². The molecule has 0 spiro atoms. The van der Waals surface area contributed by atoms with Gasteiger partial charge in [0.2, 0.25) is 0 Å². The largest absolute Gasteiger partial charge is 0.493 e. The molecule has 0 radical (unpaired) electrons. The Morgan fingerprint density at radius 3 is 2.75 bits per heavy atom. The number of halogens is 2. The highest BCUT2D eigenvalue weighted by atomic mass is 127. The summed E-state index contributed by atoms with van der Waals surface area (Å²) in [6.45, 7) is 1.75. The molecule has 1 unspecified atom stereocenters. The van der Waals surface area contributed by atoms with Crippen LogP contribution in [0.3, 0.4) is 0 Å². The summed E-state index contributed by atoms with van der Waals surface area (Å²) in [5, 5.41) is 6.15. The molecule has 0 fully saturated rings. The molecule has 1 heterocycles. The smallest absolute Gasteiger partial charge is 0.251 e. The van der Waals surface area contributed by atoms with Crippen molar-refractivity contribution in [1.82, 2.24) is 10.6 Å². The van der Waals surface area contributed by atoms with E-state index >= 15 is 0 Å². The van der Waals surface area contributed by atoms with E-state index in [0.717, 1.165) is 28.6 Å². The molecule has 0 bridgehead atoms. The highest BCUT2D eigenvalue weighted by molar-refractivity contribution is 14.0. The Morgan fingerprint density at radius 1 is 1.21 bits per heavy atom. The van der Waals surface area contributed by atoms with E-state index in [4.69, 9.17) is 10.5 Å². The van der Waals surface area contributed by atoms with E-state index in [9.17, 15) is 4.79 Å². The second-order valence-electron chi connectivity index (χ2n) is 6.26. The fourth-order valence-corrected chi connectivity index (χ4v) is 3.16. The van der Waals surface area contributed by atoms with Gasteiger partial charge < -0.3 is 21.1 Å². The van der Waals surface area contributed by atoms with Crippen LogP contribution in [0.25, 0.3) is 0 Å². The number of guanidine groups is 1. The summed E-state index contributed by atoms with van der Waals surface area (Å²) in [6, 6.07) is 15.3. The van der Waals surface area contributed by atoms with Gasteiger partial charge in [-0.1, -0.05) is 34.1 Å². The lowest BCUT2D eigenvalue weighted by atomic mass is 10.0. The summed E-state index contributed by atoms with van der Waals surface area (Å²) in [5.74, 6) is 1.22. The molecule has 1 atom stereocenters. The first kappa shape index (κ1) is 22.5. The standard InChI is InChI=1S/C20H23BrN4O2.HI/c21-15-8-6-14(7-9-15)19(26)23-11-3-12-24-20(22)25-17-10-13-27-18-5-2-1-4-16(17)18;/h1-2,4-9,17H,3,10-13H2,(H,23,26)(H3,22,24,25);1H. The van der Waals surface area contributed by atoms with Gasteiger partial charge in [0, 0.05) is 35.1 Å². The number of carbonyl (C=O) groups excluding carboxylic acids is 1. The Balaban J connectivity index is 0.00000280. The van der Waals surface area contributed by atoms with Crippen LogP contribution < -0.4 is 21.1 Å². The number of para-hydroxylation sites is 1. The second kappa shape index (κ2) is 11.3. The molecule has 0 aliphatic carbocycles. The van der Waals surface area contributed by atoms with Gasteiger partial charge in [0.1, 0.15) is 5.75 Å². The van der Waals surface area contributed by atoms with Crippen LogP contribution in [0.2, 0.25) is 0 Å². The molecule has 8 heteroatoms. The van der Waals surface area contributed by atoms with E-state index in [-0.39, 0.29) is 35.9 Å². The van der Waals surface area contributed by atoms with Crippen LogP contribution >= 0.6 is 39.9 Å². The van der Waals surface area contributed by atoms with Crippen LogP contribution in [-0.4, -0.2) is 31.6 Å². The summed E-state index contributed by atoms with van der Waals surface area (Å²) >= 11 is 3.35. The fourth-order valence-electron chi connectivity index (χ4n) is 2.90. The van der Waals surface area contributed by atoms with Crippen LogP contribution in [0, 0.1) is 0 Å². The number of ether oxygens (including phenoxy) is 1. The van der Waals surface area contributed by atoms with Gasteiger partial charge in [-0.3, -0.25) is 9.79 Å². The van der Waals surface area contributed by atoms with Crippen molar-refractivity contribution in [3.05, 3.63) is 64.1 Å². The number of benzene rings is 2. The summed E-state index contributed by atoms with van der Waals surface area (Å²) in [7, 11) is 0. The number of nitrogens with two attached hydrogens (primary N) is 1. The topological polar surface area (TPSA) is 88.7 Å². The van der Waals surface area contributed by atoms with Crippen LogP contribution in [0.15, 0.2) is 58.0 Å². The van der Waals surface area contributed by atoms with Gasteiger partial charge in [0.25, 0.3) is 5.91 Å². The Labute approximate surface area is 190 Å². The van der Waals surface area contributed by atoms with Gasteiger partial charge in [-0.25, -0.2) is 0 Å². The monoisotopic (exact) mass is 558 g/mol. The SMILES string of the molecule is I.NC(=NCCCNC(=O)c1ccc(Br)cc1)NC1CCOc2ccccc21. The van der Waals surface area contributed by atoms with Crippen LogP contribution in [0.5, 0.6) is 5.75 Å². The molecule has 1 amide bonds. The Hall–Kier alpha value is -1.81. The molecule has 1 aliphatic rings. The number of rotatable bonds is 6.